The Labute approximate surface area is 466 Å². The van der Waals surface area contributed by atoms with E-state index in [1.807, 2.05) is 0 Å². The lowest BCUT2D eigenvalue weighted by Gasteiger charge is -2.30. The van der Waals surface area contributed by atoms with Crippen LogP contribution in [0.2, 0.25) is 0 Å². The Morgan fingerprint density at radius 2 is 0.557 bits per heavy atom. The topological polar surface area (TPSA) is 0 Å². The normalized spacial score (nSPS) is 15.3. The van der Waals surface area contributed by atoms with Crippen molar-refractivity contribution in [1.29, 1.82) is 0 Å². The summed E-state index contributed by atoms with van der Waals surface area (Å²) in [4.78, 5) is 1.43. The largest absolute Gasteiger partial charge is 0.223 e. The van der Waals surface area contributed by atoms with E-state index in [9.17, 15) is 0 Å². The third kappa shape index (κ3) is 6.29. The molecule has 0 unspecified atom stereocenters. The van der Waals surface area contributed by atoms with E-state index in [1.54, 1.807) is 0 Å². The SMILES string of the molecule is CC1(C)c2ccccc2-c2ccc(-c3c4ccc(-c5ccccc5S(C)(C)C)cc4c(-c4ccc5c(c4)C(C)(C)c4ccccc4-5)c4ccc(-c5ccc6c(c5)C5(c7ccccc7-c7ccccc75)c5ccccc5-6)cc34)cc21. The van der Waals surface area contributed by atoms with Crippen LogP contribution in [-0.2, 0) is 16.2 Å². The standard InChI is InChI=1S/C78H60S/c1-76(2)65-26-14-8-21-53(65)58-38-35-50(45-70(58)76)74-62-41-34-49(52-20-13-19-31-73(52)79(5,6)7)43-64(62)75(51-36-39-59-54-22-9-15-27-66(54)77(3,4)71(59)46-51)61-40-33-47(42-63(61)74)48-32-37-60-57-25-12-18-30-69(57)78(72(60)44-48)67-28-16-10-23-55(67)56-24-11-17-29-68(56)78/h8-46H,1-7H3. The van der Waals surface area contributed by atoms with Gasteiger partial charge in [0.1, 0.15) is 0 Å². The molecular formula is C78H60S. The van der Waals surface area contributed by atoms with Crippen LogP contribution in [0.3, 0.4) is 0 Å². The van der Waals surface area contributed by atoms with Gasteiger partial charge in [-0.15, -0.1) is 0 Å². The van der Waals surface area contributed by atoms with E-state index in [-0.39, 0.29) is 10.8 Å². The highest BCUT2D eigenvalue weighted by atomic mass is 32.3. The van der Waals surface area contributed by atoms with Crippen LogP contribution in [0.15, 0.2) is 241 Å². The summed E-state index contributed by atoms with van der Waals surface area (Å²) in [6.07, 6.45) is 7.26. The van der Waals surface area contributed by atoms with Gasteiger partial charge in [0.25, 0.3) is 0 Å². The minimum atomic E-state index is -1.06. The van der Waals surface area contributed by atoms with E-state index >= 15 is 0 Å². The van der Waals surface area contributed by atoms with Gasteiger partial charge in [0.05, 0.1) is 5.41 Å². The zero-order chi connectivity index (χ0) is 53.3. The maximum absolute atomic E-state index is 2.55. The van der Waals surface area contributed by atoms with Crippen LogP contribution in [0.4, 0.5) is 0 Å². The maximum atomic E-state index is 2.55. The van der Waals surface area contributed by atoms with E-state index in [1.165, 1.54) is 160 Å². The van der Waals surface area contributed by atoms with Crippen molar-refractivity contribution < 1.29 is 0 Å². The average Bonchev–Trinajstić information content (AvgIpc) is 3.62. The molecule has 0 fully saturated rings. The predicted octanol–water partition coefficient (Wildman–Crippen LogP) is 20.7. The van der Waals surface area contributed by atoms with E-state index in [0.29, 0.717) is 0 Å². The van der Waals surface area contributed by atoms with Crippen LogP contribution < -0.4 is 0 Å². The van der Waals surface area contributed by atoms with Gasteiger partial charge < -0.3 is 0 Å². The van der Waals surface area contributed by atoms with Crippen molar-refractivity contribution in [3.8, 4) is 89.0 Å². The third-order valence-corrected chi connectivity index (χ3v) is 20.7. The summed E-state index contributed by atoms with van der Waals surface area (Å²) < 4.78 is 0. The number of fused-ring (bicyclic) bond motifs is 18. The fourth-order valence-corrected chi connectivity index (χ4v) is 16.8. The Morgan fingerprint density at radius 1 is 0.241 bits per heavy atom. The molecule has 16 rings (SSSR count). The number of rotatable bonds is 5. The molecule has 79 heavy (non-hydrogen) atoms. The number of hydrogen-bond donors (Lipinski definition) is 0. The lowest BCUT2D eigenvalue weighted by atomic mass is 9.70. The molecule has 1 spiro atoms. The molecule has 0 bridgehead atoms. The van der Waals surface area contributed by atoms with Gasteiger partial charge in [-0.05, 0) is 215 Å². The van der Waals surface area contributed by atoms with Gasteiger partial charge >= 0.3 is 0 Å². The second-order valence-corrected chi connectivity index (χ2v) is 28.7. The van der Waals surface area contributed by atoms with E-state index < -0.39 is 15.4 Å². The highest BCUT2D eigenvalue weighted by Crippen LogP contribution is 2.64. The molecule has 0 amide bonds. The van der Waals surface area contributed by atoms with Crippen molar-refractivity contribution in [2.75, 3.05) is 18.8 Å². The fourth-order valence-electron chi connectivity index (χ4n) is 15.4. The molecule has 0 aliphatic heterocycles. The Balaban J connectivity index is 0.997. The Bertz CT molecular complexity index is 4580. The molecule has 0 saturated carbocycles. The van der Waals surface area contributed by atoms with Crippen LogP contribution in [0.5, 0.6) is 0 Å². The van der Waals surface area contributed by atoms with E-state index in [0.717, 1.165) is 0 Å². The molecule has 0 nitrogen and oxygen atoms in total. The quantitative estimate of drug-likeness (QED) is 0.151. The van der Waals surface area contributed by atoms with Gasteiger partial charge in [-0.1, -0.05) is 228 Å². The van der Waals surface area contributed by atoms with E-state index in [2.05, 4.69) is 283 Å². The van der Waals surface area contributed by atoms with Crippen molar-refractivity contribution >= 4 is 31.6 Å². The third-order valence-electron chi connectivity index (χ3n) is 19.0. The molecule has 0 N–H and O–H groups in total. The van der Waals surface area contributed by atoms with Crippen molar-refractivity contribution in [1.82, 2.24) is 0 Å². The molecule has 0 atom stereocenters. The average molecular weight is 1030 g/mol. The summed E-state index contributed by atoms with van der Waals surface area (Å²) in [6, 6.07) is 91.6. The van der Waals surface area contributed by atoms with Crippen LogP contribution in [0.25, 0.3) is 111 Å². The highest BCUT2D eigenvalue weighted by molar-refractivity contribution is 8.32. The van der Waals surface area contributed by atoms with Gasteiger partial charge in [-0.3, -0.25) is 0 Å². The Morgan fingerprint density at radius 3 is 1.03 bits per heavy atom. The van der Waals surface area contributed by atoms with E-state index in [4.69, 9.17) is 0 Å². The summed E-state index contributed by atoms with van der Waals surface area (Å²) in [7, 11) is -1.06. The monoisotopic (exact) mass is 1030 g/mol. The minimum Gasteiger partial charge on any atom is -0.223 e. The first kappa shape index (κ1) is 46.6. The molecule has 1 heteroatoms. The second kappa shape index (κ2) is 16.3. The fraction of sp³-hybridized carbons (Fsp3) is 0.128. The van der Waals surface area contributed by atoms with Gasteiger partial charge in [-0.2, -0.15) is 0 Å². The van der Waals surface area contributed by atoms with Crippen LogP contribution in [0, 0.1) is 0 Å². The molecule has 0 aromatic heterocycles. The van der Waals surface area contributed by atoms with Gasteiger partial charge in [0.15, 0.2) is 0 Å². The minimum absolute atomic E-state index is 0.153. The first-order valence-corrected chi connectivity index (χ1v) is 30.9. The van der Waals surface area contributed by atoms with Crippen molar-refractivity contribution in [3.63, 3.8) is 0 Å². The summed E-state index contributed by atoms with van der Waals surface area (Å²) in [5.41, 5.74) is 31.0. The molecule has 0 radical (unpaired) electrons. The van der Waals surface area contributed by atoms with Crippen molar-refractivity contribution in [2.24, 2.45) is 0 Å². The molecule has 12 aromatic rings. The van der Waals surface area contributed by atoms with Gasteiger partial charge in [0.2, 0.25) is 0 Å². The highest BCUT2D eigenvalue weighted by Gasteiger charge is 2.51. The van der Waals surface area contributed by atoms with Crippen LogP contribution in [-0.4, -0.2) is 18.8 Å². The lowest BCUT2D eigenvalue weighted by molar-refractivity contribution is 0.660. The van der Waals surface area contributed by atoms with Gasteiger partial charge in [0, 0.05) is 10.8 Å². The smallest absolute Gasteiger partial charge is 0.0725 e. The zero-order valence-corrected chi connectivity index (χ0v) is 46.7. The van der Waals surface area contributed by atoms with Gasteiger partial charge in [-0.25, -0.2) is 10.0 Å². The summed E-state index contributed by atoms with van der Waals surface area (Å²) in [5.74, 6) is 0. The summed E-state index contributed by atoms with van der Waals surface area (Å²) in [5, 5.41) is 5.07. The molecule has 12 aromatic carbocycles. The lowest BCUT2D eigenvalue weighted by Crippen LogP contribution is -2.25. The number of benzene rings is 12. The van der Waals surface area contributed by atoms with Crippen LogP contribution >= 0.6 is 10.0 Å². The molecule has 4 aliphatic rings. The second-order valence-electron chi connectivity index (χ2n) is 24.6. The molecular weight excluding hydrogens is 969 g/mol. The predicted molar refractivity (Wildman–Crippen MR) is 338 cm³/mol. The molecule has 0 heterocycles. The molecule has 378 valence electrons. The maximum Gasteiger partial charge on any atom is 0.0725 e. The molecule has 0 saturated heterocycles. The summed E-state index contributed by atoms with van der Waals surface area (Å²) in [6.45, 7) is 9.64. The number of hydrogen-bond acceptors (Lipinski definition) is 0. The Kier molecular flexibility index (Phi) is 9.61. The first-order chi connectivity index (χ1) is 38.3. The first-order valence-electron chi connectivity index (χ1n) is 28.1. The van der Waals surface area contributed by atoms with Crippen LogP contribution in [0.1, 0.15) is 72.2 Å². The summed E-state index contributed by atoms with van der Waals surface area (Å²) >= 11 is 0. The Hall–Kier alpha value is -8.49. The van der Waals surface area contributed by atoms with Crippen molar-refractivity contribution in [2.45, 2.75) is 48.8 Å². The molecule has 4 aliphatic carbocycles. The zero-order valence-electron chi connectivity index (χ0n) is 45.9. The van der Waals surface area contributed by atoms with Crippen molar-refractivity contribution in [3.05, 3.63) is 281 Å².